The van der Waals surface area contributed by atoms with Crippen molar-refractivity contribution >= 4 is 11.9 Å². The second-order valence-electron chi connectivity index (χ2n) is 20.9. The van der Waals surface area contributed by atoms with Crippen LogP contribution in [-0.4, -0.2) is 138 Å². The molecule has 0 unspecified atom stereocenters. The zero-order chi connectivity index (χ0) is 42.0. The van der Waals surface area contributed by atoms with Crippen molar-refractivity contribution in [2.45, 2.75) is 180 Å². The van der Waals surface area contributed by atoms with Gasteiger partial charge in [-0.25, -0.2) is 4.79 Å². The Morgan fingerprint density at radius 3 is 2.04 bits per heavy atom. The van der Waals surface area contributed by atoms with Crippen molar-refractivity contribution in [3.63, 3.8) is 0 Å². The lowest BCUT2D eigenvalue weighted by molar-refractivity contribution is -0.336. The Balaban J connectivity index is 1.17. The van der Waals surface area contributed by atoms with Crippen LogP contribution in [0.25, 0.3) is 0 Å². The largest absolute Gasteiger partial charge is 0.479 e. The van der Waals surface area contributed by atoms with Crippen molar-refractivity contribution in [3.05, 3.63) is 11.6 Å². The van der Waals surface area contributed by atoms with Gasteiger partial charge in [-0.15, -0.1) is 0 Å². The molecule has 0 radical (unpaired) electrons. The van der Waals surface area contributed by atoms with Crippen LogP contribution in [0.15, 0.2) is 11.6 Å². The lowest BCUT2D eigenvalue weighted by Gasteiger charge is -2.71. The van der Waals surface area contributed by atoms with Gasteiger partial charge in [0.15, 0.2) is 12.4 Å². The third kappa shape index (κ3) is 6.39. The third-order valence-corrected chi connectivity index (χ3v) is 17.1. The number of aliphatic carboxylic acids is 1. The van der Waals surface area contributed by atoms with Gasteiger partial charge < -0.3 is 64.9 Å². The minimum atomic E-state index is -1.86. The van der Waals surface area contributed by atoms with Gasteiger partial charge in [0, 0.05) is 0 Å². The van der Waals surface area contributed by atoms with Crippen LogP contribution >= 0.6 is 0 Å². The van der Waals surface area contributed by atoms with Gasteiger partial charge >= 0.3 is 11.9 Å². The number of ether oxygens (including phenoxy) is 4. The van der Waals surface area contributed by atoms with Crippen LogP contribution in [0, 0.1) is 50.2 Å². The SMILES string of the molecule is CC1(C)CC[C@]2(C(=O)O[C@@H]3O[C@H](CO)[C@@H](O)[C@H](O)[C@H]3O)CC[C@]3(C)C(=CC[C@@H]4[C@@]5(C)C[C@H](O)[C@H](O[C@@H]6O[C@H](C(=O)O)[C@@H](O)[C@H](O)[C@H]6O)C(C)(C)[C@@H]5CC[C@]43C)[C@@H]2C1. The lowest BCUT2D eigenvalue weighted by atomic mass is 9.33. The molecular formula is C42H66O15. The molecule has 4 saturated carbocycles. The molecule has 2 heterocycles. The van der Waals surface area contributed by atoms with E-state index in [1.165, 1.54) is 5.57 Å². The number of fused-ring (bicyclic) bond motifs is 7. The fourth-order valence-electron chi connectivity index (χ4n) is 13.7. The first-order valence-corrected chi connectivity index (χ1v) is 20.9. The van der Waals surface area contributed by atoms with Crippen LogP contribution < -0.4 is 0 Å². The summed E-state index contributed by atoms with van der Waals surface area (Å²) in [5.41, 5.74) is -1.37. The lowest BCUT2D eigenvalue weighted by Crippen LogP contribution is -2.68. The Bertz CT molecular complexity index is 1600. The monoisotopic (exact) mass is 810 g/mol. The van der Waals surface area contributed by atoms with Crippen molar-refractivity contribution in [2.24, 2.45) is 50.2 Å². The highest BCUT2D eigenvalue weighted by atomic mass is 16.7. The maximum Gasteiger partial charge on any atom is 0.335 e. The number of hydrogen-bond donors (Lipinski definition) is 9. The number of esters is 1. The second kappa shape index (κ2) is 14.4. The summed E-state index contributed by atoms with van der Waals surface area (Å²) >= 11 is 0. The minimum absolute atomic E-state index is 0.0337. The Kier molecular flexibility index (Phi) is 11.0. The number of hydrogen-bond acceptors (Lipinski definition) is 14. The number of carbonyl (C=O) groups excluding carboxylic acids is 1. The summed E-state index contributed by atoms with van der Waals surface area (Å²) in [4.78, 5) is 26.4. The summed E-state index contributed by atoms with van der Waals surface area (Å²) in [5, 5.41) is 94.4. The van der Waals surface area contributed by atoms with Crippen molar-refractivity contribution in [1.82, 2.24) is 0 Å². The normalized spacial score (nSPS) is 52.9. The van der Waals surface area contributed by atoms with E-state index < -0.39 is 103 Å². The maximum absolute atomic E-state index is 14.6. The Morgan fingerprint density at radius 1 is 0.754 bits per heavy atom. The predicted octanol–water partition coefficient (Wildman–Crippen LogP) is 1.38. The van der Waals surface area contributed by atoms with E-state index in [0.29, 0.717) is 32.1 Å². The van der Waals surface area contributed by atoms with E-state index in [1.807, 2.05) is 13.8 Å². The molecule has 7 rings (SSSR count). The van der Waals surface area contributed by atoms with Gasteiger partial charge in [-0.2, -0.15) is 0 Å². The van der Waals surface area contributed by atoms with Gasteiger partial charge in [0.1, 0.15) is 42.7 Å². The molecule has 15 heteroatoms. The number of carbonyl (C=O) groups is 2. The van der Waals surface area contributed by atoms with Crippen LogP contribution in [0.1, 0.15) is 106 Å². The average Bonchev–Trinajstić information content (AvgIpc) is 3.13. The summed E-state index contributed by atoms with van der Waals surface area (Å²) in [6, 6.07) is 0. The molecule has 2 aliphatic heterocycles. The smallest absolute Gasteiger partial charge is 0.335 e. The number of allylic oxidation sites excluding steroid dienone is 2. The Morgan fingerprint density at radius 2 is 1.39 bits per heavy atom. The summed E-state index contributed by atoms with van der Waals surface area (Å²) in [6.45, 7) is 14.8. The van der Waals surface area contributed by atoms with E-state index >= 15 is 0 Å². The molecule has 324 valence electrons. The van der Waals surface area contributed by atoms with Gasteiger partial charge in [-0.1, -0.05) is 60.1 Å². The van der Waals surface area contributed by atoms with E-state index in [1.54, 1.807) is 0 Å². The minimum Gasteiger partial charge on any atom is -0.479 e. The molecule has 7 aliphatic rings. The molecule has 6 fully saturated rings. The molecule has 19 atom stereocenters. The number of carboxylic acid groups (broad SMARTS) is 1. The van der Waals surface area contributed by atoms with Crippen LogP contribution in [0.4, 0.5) is 0 Å². The standard InChI is InChI=1S/C42H66O15/c1-37(2)12-14-42(36(53)57-34-29(49)26(46)25(45)22(18-43)54-34)15-13-40(6)19(20(42)16-37)8-9-24-39(5)17-21(44)32(38(3,4)23(39)10-11-41(24,40)7)56-35-30(50)27(47)28(48)31(55-35)33(51)52/h8,20-32,34-35,43-50H,9-18H2,1-7H3,(H,51,52)/t20-,21-,22+,23-,24+,25+,26-,27-,28-,29+,30+,31-,32-,34-,35-,39-,40+,41+,42-/m0/s1. The van der Waals surface area contributed by atoms with E-state index in [9.17, 15) is 55.5 Å². The van der Waals surface area contributed by atoms with Gasteiger partial charge in [0.2, 0.25) is 6.29 Å². The Labute approximate surface area is 334 Å². The molecule has 0 aromatic heterocycles. The molecule has 0 aromatic carbocycles. The molecule has 15 nitrogen and oxygen atoms in total. The topological polar surface area (TPSA) is 253 Å². The average molecular weight is 811 g/mol. The van der Waals surface area contributed by atoms with E-state index in [4.69, 9.17) is 18.9 Å². The van der Waals surface area contributed by atoms with Crippen LogP contribution in [0.3, 0.4) is 0 Å². The second-order valence-corrected chi connectivity index (χ2v) is 20.9. The van der Waals surface area contributed by atoms with Gasteiger partial charge in [-0.3, -0.25) is 4.79 Å². The number of aliphatic hydroxyl groups excluding tert-OH is 8. The fourth-order valence-corrected chi connectivity index (χ4v) is 13.7. The molecule has 0 spiro atoms. The highest BCUT2D eigenvalue weighted by Crippen LogP contribution is 2.76. The zero-order valence-corrected chi connectivity index (χ0v) is 34.3. The zero-order valence-electron chi connectivity index (χ0n) is 34.3. The summed E-state index contributed by atoms with van der Waals surface area (Å²) < 4.78 is 23.3. The molecule has 0 aromatic rings. The number of carboxylic acids is 1. The van der Waals surface area contributed by atoms with Gasteiger partial charge in [0.05, 0.1) is 24.2 Å². The predicted molar refractivity (Wildman–Crippen MR) is 199 cm³/mol. The van der Waals surface area contributed by atoms with E-state index in [-0.39, 0.29) is 39.4 Å². The van der Waals surface area contributed by atoms with Crippen molar-refractivity contribution in [2.75, 3.05) is 6.61 Å². The van der Waals surface area contributed by atoms with Crippen LogP contribution in [0.5, 0.6) is 0 Å². The Hall–Kier alpha value is -1.76. The maximum atomic E-state index is 14.6. The summed E-state index contributed by atoms with van der Waals surface area (Å²) in [5.74, 6) is -2.03. The van der Waals surface area contributed by atoms with Crippen LogP contribution in [0.2, 0.25) is 0 Å². The first-order chi connectivity index (χ1) is 26.4. The van der Waals surface area contributed by atoms with Crippen molar-refractivity contribution < 1.29 is 74.5 Å². The van der Waals surface area contributed by atoms with E-state index in [2.05, 4.69) is 40.7 Å². The summed E-state index contributed by atoms with van der Waals surface area (Å²) in [7, 11) is 0. The fraction of sp³-hybridized carbons (Fsp3) is 0.905. The quantitative estimate of drug-likeness (QED) is 0.104. The molecule has 0 amide bonds. The van der Waals surface area contributed by atoms with E-state index in [0.717, 1.165) is 25.7 Å². The van der Waals surface area contributed by atoms with Crippen LogP contribution in [-0.2, 0) is 28.5 Å². The summed E-state index contributed by atoms with van der Waals surface area (Å²) in [6.07, 6.45) is -10.0. The molecule has 5 aliphatic carbocycles. The van der Waals surface area contributed by atoms with Crippen molar-refractivity contribution in [3.8, 4) is 0 Å². The van der Waals surface area contributed by atoms with Gasteiger partial charge in [-0.05, 0) is 103 Å². The number of rotatable bonds is 6. The molecule has 57 heavy (non-hydrogen) atoms. The molecule has 0 bridgehead atoms. The molecular weight excluding hydrogens is 744 g/mol. The van der Waals surface area contributed by atoms with Crippen molar-refractivity contribution in [1.29, 1.82) is 0 Å². The highest BCUT2D eigenvalue weighted by molar-refractivity contribution is 5.79. The first kappa shape index (κ1) is 43.3. The highest BCUT2D eigenvalue weighted by Gasteiger charge is 2.71. The molecule has 9 N–H and O–H groups in total. The first-order valence-electron chi connectivity index (χ1n) is 20.9. The third-order valence-electron chi connectivity index (χ3n) is 17.1. The van der Waals surface area contributed by atoms with Gasteiger partial charge in [0.25, 0.3) is 0 Å². The molecule has 2 saturated heterocycles. The number of aliphatic hydroxyl groups is 8.